The molecule has 0 spiro atoms. The Morgan fingerprint density at radius 2 is 2.12 bits per heavy atom. The van der Waals surface area contributed by atoms with Gasteiger partial charge in [0.05, 0.1) is 12.1 Å². The molecule has 1 aromatic heterocycles. The molecule has 2 N–H and O–H groups in total. The van der Waals surface area contributed by atoms with Crippen molar-refractivity contribution < 1.29 is 4.74 Å². The van der Waals surface area contributed by atoms with Gasteiger partial charge in [-0.3, -0.25) is 0 Å². The molecule has 2 heterocycles. The smallest absolute Gasteiger partial charge is 0.0801 e. The first kappa shape index (κ1) is 13.1. The van der Waals surface area contributed by atoms with Crippen LogP contribution in [0.25, 0.3) is 0 Å². The van der Waals surface area contributed by atoms with Crippen LogP contribution in [0, 0.1) is 5.92 Å². The Bertz CT molecular complexity index is 380. The van der Waals surface area contributed by atoms with Gasteiger partial charge in [-0.15, -0.1) is 11.3 Å². The Balaban J connectivity index is 2.14. The molecule has 2 nitrogen and oxygen atoms in total. The Kier molecular flexibility index (Phi) is 3.62. The Labute approximate surface area is 108 Å². The molecule has 0 amide bonds. The molecular weight excluding hydrogens is 230 g/mol. The Hall–Kier alpha value is -0.380. The standard InChI is InChI=1S/C14H23NOS/c1-9-7-8-16-13(9)12(15)10-5-6-11(17-10)14(2,3)4/h5-6,9,12-13H,7-8,15H2,1-4H3. The lowest BCUT2D eigenvalue weighted by Crippen LogP contribution is -2.29. The van der Waals surface area contributed by atoms with Crippen molar-refractivity contribution in [3.05, 3.63) is 21.9 Å². The minimum absolute atomic E-state index is 0.0357. The van der Waals surface area contributed by atoms with Crippen molar-refractivity contribution in [3.8, 4) is 0 Å². The van der Waals surface area contributed by atoms with Crippen LogP contribution in [0.1, 0.15) is 49.9 Å². The van der Waals surface area contributed by atoms with E-state index in [1.165, 1.54) is 9.75 Å². The van der Waals surface area contributed by atoms with Gasteiger partial charge in [-0.05, 0) is 29.9 Å². The summed E-state index contributed by atoms with van der Waals surface area (Å²) in [6.45, 7) is 9.81. The van der Waals surface area contributed by atoms with Crippen LogP contribution in [0.15, 0.2) is 12.1 Å². The Morgan fingerprint density at radius 3 is 2.59 bits per heavy atom. The Morgan fingerprint density at radius 1 is 1.41 bits per heavy atom. The van der Waals surface area contributed by atoms with E-state index in [0.717, 1.165) is 13.0 Å². The molecule has 0 aliphatic carbocycles. The molecule has 1 saturated heterocycles. The third kappa shape index (κ3) is 2.72. The average molecular weight is 253 g/mol. The first-order valence-electron chi connectivity index (χ1n) is 6.37. The van der Waals surface area contributed by atoms with Crippen molar-refractivity contribution in [2.24, 2.45) is 11.7 Å². The van der Waals surface area contributed by atoms with Crippen LogP contribution < -0.4 is 5.73 Å². The third-order valence-electron chi connectivity index (χ3n) is 3.49. The quantitative estimate of drug-likeness (QED) is 0.876. The van der Waals surface area contributed by atoms with Crippen LogP contribution in [0.3, 0.4) is 0 Å². The fourth-order valence-electron chi connectivity index (χ4n) is 2.27. The summed E-state index contributed by atoms with van der Waals surface area (Å²) >= 11 is 1.83. The van der Waals surface area contributed by atoms with Gasteiger partial charge in [0.25, 0.3) is 0 Å². The molecule has 3 unspecified atom stereocenters. The maximum absolute atomic E-state index is 6.33. The maximum atomic E-state index is 6.33. The topological polar surface area (TPSA) is 35.2 Å². The third-order valence-corrected chi connectivity index (χ3v) is 5.11. The monoisotopic (exact) mass is 253 g/mol. The summed E-state index contributed by atoms with van der Waals surface area (Å²) in [7, 11) is 0. The van der Waals surface area contributed by atoms with Crippen LogP contribution in [0.5, 0.6) is 0 Å². The van der Waals surface area contributed by atoms with Crippen molar-refractivity contribution in [1.82, 2.24) is 0 Å². The zero-order valence-corrected chi connectivity index (χ0v) is 12.0. The molecule has 1 aromatic rings. The predicted molar refractivity (Wildman–Crippen MR) is 73.5 cm³/mol. The number of rotatable bonds is 2. The highest BCUT2D eigenvalue weighted by molar-refractivity contribution is 7.12. The van der Waals surface area contributed by atoms with E-state index < -0.39 is 0 Å². The van der Waals surface area contributed by atoms with Gasteiger partial charge < -0.3 is 10.5 Å². The highest BCUT2D eigenvalue weighted by Gasteiger charge is 2.32. The SMILES string of the molecule is CC1CCOC1C(N)c1ccc(C(C)(C)C)s1. The van der Waals surface area contributed by atoms with Gasteiger partial charge in [0.2, 0.25) is 0 Å². The summed E-state index contributed by atoms with van der Waals surface area (Å²) < 4.78 is 5.76. The fraction of sp³-hybridized carbons (Fsp3) is 0.714. The van der Waals surface area contributed by atoms with Gasteiger partial charge in [0, 0.05) is 16.4 Å². The highest BCUT2D eigenvalue weighted by atomic mass is 32.1. The minimum atomic E-state index is 0.0357. The number of hydrogen-bond donors (Lipinski definition) is 1. The summed E-state index contributed by atoms with van der Waals surface area (Å²) in [5, 5.41) is 0. The lowest BCUT2D eigenvalue weighted by atomic mass is 9.94. The summed E-state index contributed by atoms with van der Waals surface area (Å²) in [6.07, 6.45) is 1.33. The summed E-state index contributed by atoms with van der Waals surface area (Å²) in [5.41, 5.74) is 6.55. The molecule has 3 atom stereocenters. The first-order chi connectivity index (χ1) is 7.89. The molecule has 2 rings (SSSR count). The number of thiophene rings is 1. The van der Waals surface area contributed by atoms with Crippen LogP contribution in [0.2, 0.25) is 0 Å². The lowest BCUT2D eigenvalue weighted by Gasteiger charge is -2.21. The molecule has 1 aliphatic heterocycles. The molecule has 17 heavy (non-hydrogen) atoms. The second-order valence-electron chi connectivity index (χ2n) is 6.08. The van der Waals surface area contributed by atoms with Gasteiger partial charge in [0.1, 0.15) is 0 Å². The van der Waals surface area contributed by atoms with Gasteiger partial charge in [-0.1, -0.05) is 27.7 Å². The highest BCUT2D eigenvalue weighted by Crippen LogP contribution is 2.36. The van der Waals surface area contributed by atoms with Crippen LogP contribution in [-0.2, 0) is 10.2 Å². The fourth-order valence-corrected chi connectivity index (χ4v) is 3.38. The van der Waals surface area contributed by atoms with E-state index >= 15 is 0 Å². The van der Waals surface area contributed by atoms with E-state index in [9.17, 15) is 0 Å². The molecule has 0 bridgehead atoms. The van der Waals surface area contributed by atoms with Crippen molar-refractivity contribution >= 4 is 11.3 Å². The zero-order chi connectivity index (χ0) is 12.6. The van der Waals surface area contributed by atoms with E-state index in [2.05, 4.69) is 39.8 Å². The minimum Gasteiger partial charge on any atom is -0.376 e. The summed E-state index contributed by atoms with van der Waals surface area (Å²) in [5.74, 6) is 0.574. The van der Waals surface area contributed by atoms with E-state index in [-0.39, 0.29) is 17.6 Å². The molecule has 0 saturated carbocycles. The van der Waals surface area contributed by atoms with Gasteiger partial charge in [0.15, 0.2) is 0 Å². The predicted octanol–water partition coefficient (Wildman–Crippen LogP) is 3.47. The van der Waals surface area contributed by atoms with E-state index in [1.54, 1.807) is 0 Å². The van der Waals surface area contributed by atoms with Crippen molar-refractivity contribution in [2.75, 3.05) is 6.61 Å². The second-order valence-corrected chi connectivity index (χ2v) is 7.19. The van der Waals surface area contributed by atoms with Crippen molar-refractivity contribution in [2.45, 2.75) is 51.7 Å². The van der Waals surface area contributed by atoms with E-state index in [0.29, 0.717) is 5.92 Å². The van der Waals surface area contributed by atoms with Crippen LogP contribution in [0.4, 0.5) is 0 Å². The summed E-state index contributed by atoms with van der Waals surface area (Å²) in [4.78, 5) is 2.65. The molecule has 0 radical (unpaired) electrons. The lowest BCUT2D eigenvalue weighted by molar-refractivity contribution is 0.0734. The van der Waals surface area contributed by atoms with Gasteiger partial charge >= 0.3 is 0 Å². The summed E-state index contributed by atoms with van der Waals surface area (Å²) in [6, 6.07) is 4.41. The van der Waals surface area contributed by atoms with Crippen LogP contribution in [-0.4, -0.2) is 12.7 Å². The second kappa shape index (κ2) is 4.71. The molecule has 3 heteroatoms. The van der Waals surface area contributed by atoms with Crippen molar-refractivity contribution in [3.63, 3.8) is 0 Å². The first-order valence-corrected chi connectivity index (χ1v) is 7.18. The molecule has 0 aromatic carbocycles. The molecular formula is C14H23NOS. The number of ether oxygens (including phenoxy) is 1. The van der Waals surface area contributed by atoms with E-state index in [1.807, 2.05) is 11.3 Å². The molecule has 1 fully saturated rings. The van der Waals surface area contributed by atoms with E-state index in [4.69, 9.17) is 10.5 Å². The van der Waals surface area contributed by atoms with Gasteiger partial charge in [-0.2, -0.15) is 0 Å². The largest absolute Gasteiger partial charge is 0.376 e. The number of hydrogen-bond acceptors (Lipinski definition) is 3. The van der Waals surface area contributed by atoms with Crippen molar-refractivity contribution in [1.29, 1.82) is 0 Å². The van der Waals surface area contributed by atoms with Crippen LogP contribution >= 0.6 is 11.3 Å². The normalized spacial score (nSPS) is 27.4. The molecule has 96 valence electrons. The zero-order valence-electron chi connectivity index (χ0n) is 11.2. The number of nitrogens with two attached hydrogens (primary N) is 1. The maximum Gasteiger partial charge on any atom is 0.0801 e. The molecule has 1 aliphatic rings. The average Bonchev–Trinajstić information content (AvgIpc) is 2.83. The van der Waals surface area contributed by atoms with Gasteiger partial charge in [-0.25, -0.2) is 0 Å².